The number of rotatable bonds is 3. The molecule has 0 aromatic carbocycles. The molecule has 0 radical (unpaired) electrons. The van der Waals surface area contributed by atoms with Crippen LogP contribution in [0, 0.1) is 0 Å². The van der Waals surface area contributed by atoms with Gasteiger partial charge < -0.3 is 16.0 Å². The number of aromatic nitrogens is 1. The fourth-order valence-electron chi connectivity index (χ4n) is 1.07. The van der Waals surface area contributed by atoms with Crippen LogP contribution in [-0.4, -0.2) is 17.9 Å². The number of halogens is 1. The molecular weight excluding hydrogens is 214 g/mol. The van der Waals surface area contributed by atoms with Gasteiger partial charge in [0.15, 0.2) is 0 Å². The van der Waals surface area contributed by atoms with E-state index < -0.39 is 0 Å². The van der Waals surface area contributed by atoms with Gasteiger partial charge in [0.25, 0.3) is 5.91 Å². The van der Waals surface area contributed by atoms with E-state index in [0.29, 0.717) is 22.1 Å². The first-order valence-corrected chi connectivity index (χ1v) is 4.66. The summed E-state index contributed by atoms with van der Waals surface area (Å²) in [6.07, 6.45) is 3.13. The molecule has 1 amide bonds. The molecule has 5 heteroatoms. The number of anilines is 1. The van der Waals surface area contributed by atoms with Crippen LogP contribution in [0.1, 0.15) is 16.1 Å². The van der Waals surface area contributed by atoms with Gasteiger partial charge >= 0.3 is 0 Å². The minimum Gasteiger partial charge on any atom is -0.385 e. The van der Waals surface area contributed by atoms with Crippen LogP contribution >= 0.6 is 11.6 Å². The molecule has 1 rings (SSSR count). The highest BCUT2D eigenvalue weighted by Gasteiger charge is 2.09. The van der Waals surface area contributed by atoms with Crippen molar-refractivity contribution in [3.8, 4) is 0 Å². The van der Waals surface area contributed by atoms with Crippen LogP contribution in [0.2, 0.25) is 0 Å². The third kappa shape index (κ3) is 2.63. The van der Waals surface area contributed by atoms with Crippen LogP contribution in [0.5, 0.6) is 0 Å². The maximum Gasteiger partial charge on any atom is 0.267 e. The number of allylic oxidation sites excluding steroid dienone is 2. The van der Waals surface area contributed by atoms with Gasteiger partial charge in [-0.25, -0.2) is 0 Å². The van der Waals surface area contributed by atoms with Crippen LogP contribution in [0.3, 0.4) is 0 Å². The second kappa shape index (κ2) is 4.70. The molecule has 1 aromatic rings. The van der Waals surface area contributed by atoms with Gasteiger partial charge in [0.05, 0.1) is 0 Å². The molecule has 4 N–H and O–H groups in total. The number of aromatic amines is 1. The Morgan fingerprint density at radius 2 is 2.40 bits per heavy atom. The Hall–Kier alpha value is -1.68. The van der Waals surface area contributed by atoms with Crippen molar-refractivity contribution in [2.75, 3.05) is 12.8 Å². The summed E-state index contributed by atoms with van der Waals surface area (Å²) in [5, 5.41) is 2.95. The van der Waals surface area contributed by atoms with Crippen LogP contribution in [0.4, 0.5) is 5.82 Å². The molecule has 1 heterocycles. The van der Waals surface area contributed by atoms with E-state index >= 15 is 0 Å². The predicted molar refractivity (Wildman–Crippen MR) is 62.6 cm³/mol. The summed E-state index contributed by atoms with van der Waals surface area (Å²) in [4.78, 5) is 14.0. The van der Waals surface area contributed by atoms with Crippen LogP contribution < -0.4 is 11.1 Å². The van der Waals surface area contributed by atoms with Crippen molar-refractivity contribution in [3.63, 3.8) is 0 Å². The van der Waals surface area contributed by atoms with Crippen LogP contribution in [-0.2, 0) is 0 Å². The third-order valence-electron chi connectivity index (χ3n) is 1.84. The number of carbonyl (C=O) groups excluding carboxylic acids is 1. The molecular formula is C10H12ClN3O. The number of hydrogen-bond acceptors (Lipinski definition) is 2. The topological polar surface area (TPSA) is 70.9 Å². The van der Waals surface area contributed by atoms with E-state index in [2.05, 4.69) is 16.9 Å². The smallest absolute Gasteiger partial charge is 0.267 e. The first-order valence-electron chi connectivity index (χ1n) is 4.28. The molecule has 15 heavy (non-hydrogen) atoms. The predicted octanol–water partition coefficient (Wildman–Crippen LogP) is 1.72. The second-order valence-electron chi connectivity index (χ2n) is 2.86. The standard InChI is InChI=1S/C10H12ClN3O/c1-3-7(11)4-6-5-8(10(15)13-2)14-9(6)12/h3-5,14H,1,12H2,2H3,(H,13,15)/b7-4+. The van der Waals surface area contributed by atoms with Crippen molar-refractivity contribution >= 4 is 29.4 Å². The molecule has 0 unspecified atom stereocenters. The van der Waals surface area contributed by atoms with E-state index in [0.717, 1.165) is 0 Å². The maximum absolute atomic E-state index is 11.3. The van der Waals surface area contributed by atoms with Gasteiger partial charge in [0.2, 0.25) is 0 Å². The lowest BCUT2D eigenvalue weighted by Gasteiger charge is -1.92. The van der Waals surface area contributed by atoms with Gasteiger partial charge in [-0.05, 0) is 12.1 Å². The summed E-state index contributed by atoms with van der Waals surface area (Å²) in [5.74, 6) is 0.171. The molecule has 0 saturated carbocycles. The Kier molecular flexibility index (Phi) is 3.57. The average Bonchev–Trinajstić information content (AvgIpc) is 2.59. The molecule has 0 aliphatic carbocycles. The minimum atomic E-state index is -0.226. The van der Waals surface area contributed by atoms with Crippen molar-refractivity contribution in [2.45, 2.75) is 0 Å². The summed E-state index contributed by atoms with van der Waals surface area (Å²) in [6.45, 7) is 3.51. The number of carbonyl (C=O) groups is 1. The number of nitrogen functional groups attached to an aromatic ring is 1. The highest BCUT2D eigenvalue weighted by atomic mass is 35.5. The van der Waals surface area contributed by atoms with Crippen LogP contribution in [0.25, 0.3) is 6.08 Å². The molecule has 0 fully saturated rings. The average molecular weight is 226 g/mol. The van der Waals surface area contributed by atoms with Gasteiger partial charge in [-0.15, -0.1) is 0 Å². The van der Waals surface area contributed by atoms with Crippen molar-refractivity contribution in [3.05, 3.63) is 35.0 Å². The summed E-state index contributed by atoms with van der Waals surface area (Å²) < 4.78 is 0. The first kappa shape index (κ1) is 11.4. The van der Waals surface area contributed by atoms with Crippen LogP contribution in [0.15, 0.2) is 23.8 Å². The van der Waals surface area contributed by atoms with Gasteiger partial charge in [0.1, 0.15) is 11.5 Å². The Bertz CT molecular complexity index is 420. The molecule has 0 bridgehead atoms. The monoisotopic (exact) mass is 225 g/mol. The molecule has 0 spiro atoms. The Labute approximate surface area is 92.8 Å². The fraction of sp³-hybridized carbons (Fsp3) is 0.100. The fourth-order valence-corrected chi connectivity index (χ4v) is 1.19. The molecule has 4 nitrogen and oxygen atoms in total. The van der Waals surface area contributed by atoms with Gasteiger partial charge in [-0.2, -0.15) is 0 Å². The highest BCUT2D eigenvalue weighted by molar-refractivity contribution is 6.33. The number of amides is 1. The third-order valence-corrected chi connectivity index (χ3v) is 2.10. The Morgan fingerprint density at radius 3 is 2.93 bits per heavy atom. The molecule has 1 aromatic heterocycles. The van der Waals surface area contributed by atoms with Crippen molar-refractivity contribution in [2.24, 2.45) is 0 Å². The molecule has 80 valence electrons. The first-order chi connectivity index (χ1) is 7.08. The zero-order chi connectivity index (χ0) is 11.4. The summed E-state index contributed by atoms with van der Waals surface area (Å²) in [7, 11) is 1.55. The van der Waals surface area contributed by atoms with Crippen molar-refractivity contribution in [1.82, 2.24) is 10.3 Å². The minimum absolute atomic E-state index is 0.226. The van der Waals surface area contributed by atoms with Gasteiger partial charge in [-0.3, -0.25) is 4.79 Å². The number of H-pyrrole nitrogens is 1. The molecule has 0 aliphatic rings. The van der Waals surface area contributed by atoms with E-state index in [1.807, 2.05) is 0 Å². The van der Waals surface area contributed by atoms with E-state index in [-0.39, 0.29) is 5.91 Å². The molecule has 0 atom stereocenters. The summed E-state index contributed by atoms with van der Waals surface area (Å²) in [6, 6.07) is 1.63. The highest BCUT2D eigenvalue weighted by Crippen LogP contribution is 2.18. The largest absolute Gasteiger partial charge is 0.385 e. The zero-order valence-electron chi connectivity index (χ0n) is 8.30. The summed E-state index contributed by atoms with van der Waals surface area (Å²) in [5.41, 5.74) is 6.73. The summed E-state index contributed by atoms with van der Waals surface area (Å²) >= 11 is 5.77. The zero-order valence-corrected chi connectivity index (χ0v) is 9.06. The second-order valence-corrected chi connectivity index (χ2v) is 3.30. The Morgan fingerprint density at radius 1 is 1.73 bits per heavy atom. The lowest BCUT2D eigenvalue weighted by atomic mass is 10.2. The van der Waals surface area contributed by atoms with Crippen molar-refractivity contribution in [1.29, 1.82) is 0 Å². The molecule has 0 saturated heterocycles. The molecule has 0 aliphatic heterocycles. The Balaban J connectivity index is 3.06. The van der Waals surface area contributed by atoms with E-state index in [1.54, 1.807) is 19.2 Å². The SMILES string of the molecule is C=C/C(Cl)=C\c1cc(C(=O)NC)[nH]c1N. The lowest BCUT2D eigenvalue weighted by molar-refractivity contribution is 0.0959. The lowest BCUT2D eigenvalue weighted by Crippen LogP contribution is -2.18. The van der Waals surface area contributed by atoms with Gasteiger partial charge in [-0.1, -0.05) is 24.3 Å². The quantitative estimate of drug-likeness (QED) is 0.686. The van der Waals surface area contributed by atoms with E-state index in [4.69, 9.17) is 17.3 Å². The number of nitrogens with two attached hydrogens (primary N) is 1. The maximum atomic E-state index is 11.3. The number of nitrogens with one attached hydrogen (secondary N) is 2. The van der Waals surface area contributed by atoms with Crippen molar-refractivity contribution < 1.29 is 4.79 Å². The van der Waals surface area contributed by atoms with Gasteiger partial charge in [0, 0.05) is 17.6 Å². The normalized spacial score (nSPS) is 11.2. The number of hydrogen-bond donors (Lipinski definition) is 3. The van der Waals surface area contributed by atoms with E-state index in [9.17, 15) is 4.79 Å². The van der Waals surface area contributed by atoms with E-state index in [1.165, 1.54) is 6.08 Å².